The molecule has 1 unspecified atom stereocenters. The van der Waals surface area contributed by atoms with Crippen molar-refractivity contribution in [2.75, 3.05) is 53.5 Å². The molecule has 3 heteroatoms. The topological polar surface area (TPSA) is 15.7 Å². The maximum atomic E-state index is 5.36. The summed E-state index contributed by atoms with van der Waals surface area (Å²) in [6.45, 7) is 8.86. The van der Waals surface area contributed by atoms with E-state index in [9.17, 15) is 0 Å². The lowest BCUT2D eigenvalue weighted by Crippen LogP contribution is -2.39. The summed E-state index contributed by atoms with van der Waals surface area (Å²) in [4.78, 5) is 4.83. The summed E-state index contributed by atoms with van der Waals surface area (Å²) in [7, 11) is 4.31. The first kappa shape index (κ1) is 12.9. The molecular weight excluding hydrogens is 188 g/mol. The van der Waals surface area contributed by atoms with Crippen molar-refractivity contribution in [3.63, 3.8) is 0 Å². The van der Waals surface area contributed by atoms with Gasteiger partial charge in [0.05, 0.1) is 13.2 Å². The van der Waals surface area contributed by atoms with Gasteiger partial charge in [0, 0.05) is 19.6 Å². The second-order valence-electron chi connectivity index (χ2n) is 4.78. The van der Waals surface area contributed by atoms with Crippen LogP contribution in [0.5, 0.6) is 0 Å². The molecule has 0 saturated carbocycles. The van der Waals surface area contributed by atoms with Gasteiger partial charge in [-0.15, -0.1) is 0 Å². The molecule has 1 saturated heterocycles. The Labute approximate surface area is 94.4 Å². The molecule has 0 radical (unpaired) electrons. The second-order valence-corrected chi connectivity index (χ2v) is 4.78. The number of hydrogen-bond donors (Lipinski definition) is 0. The smallest absolute Gasteiger partial charge is 0.0594 e. The van der Waals surface area contributed by atoms with Crippen LogP contribution >= 0.6 is 0 Å². The Balaban J connectivity index is 2.19. The van der Waals surface area contributed by atoms with Gasteiger partial charge in [0.1, 0.15) is 0 Å². The van der Waals surface area contributed by atoms with Gasteiger partial charge in [-0.1, -0.05) is 13.3 Å². The first-order chi connectivity index (χ1) is 7.22. The van der Waals surface area contributed by atoms with E-state index in [0.29, 0.717) is 0 Å². The normalized spacial score (nSPS) is 20.8. The third kappa shape index (κ3) is 5.50. The Morgan fingerprint density at radius 2 is 1.93 bits per heavy atom. The molecule has 3 nitrogen and oxygen atoms in total. The second kappa shape index (κ2) is 7.20. The highest BCUT2D eigenvalue weighted by molar-refractivity contribution is 4.68. The molecule has 1 fully saturated rings. The van der Waals surface area contributed by atoms with Gasteiger partial charge >= 0.3 is 0 Å². The fourth-order valence-corrected chi connectivity index (χ4v) is 2.01. The third-order valence-electron chi connectivity index (χ3n) is 3.18. The predicted octanol–water partition coefficient (Wildman–Crippen LogP) is 1.30. The molecule has 0 bridgehead atoms. The Kier molecular flexibility index (Phi) is 6.22. The van der Waals surface area contributed by atoms with Crippen molar-refractivity contribution in [1.82, 2.24) is 9.80 Å². The summed E-state index contributed by atoms with van der Waals surface area (Å²) in [5, 5.41) is 0. The minimum atomic E-state index is 0.852. The third-order valence-corrected chi connectivity index (χ3v) is 3.18. The van der Waals surface area contributed by atoms with E-state index in [1.54, 1.807) is 0 Å². The lowest BCUT2D eigenvalue weighted by molar-refractivity contribution is 0.0293. The number of nitrogens with zero attached hydrogens (tertiary/aromatic N) is 2. The molecular formula is C12H26N2O. The van der Waals surface area contributed by atoms with Crippen LogP contribution in [0.4, 0.5) is 0 Å². The van der Waals surface area contributed by atoms with E-state index in [0.717, 1.165) is 32.2 Å². The van der Waals surface area contributed by atoms with E-state index >= 15 is 0 Å². The van der Waals surface area contributed by atoms with E-state index in [-0.39, 0.29) is 0 Å². The van der Waals surface area contributed by atoms with Gasteiger partial charge in [0.2, 0.25) is 0 Å². The molecule has 90 valence electrons. The highest BCUT2D eigenvalue weighted by Crippen LogP contribution is 2.12. The summed E-state index contributed by atoms with van der Waals surface area (Å²) in [5.74, 6) is 0.852. The number of rotatable bonds is 6. The average molecular weight is 214 g/mol. The standard InChI is InChI=1S/C12H26N2O/c1-4-12(5-6-13(2)3)11-14-7-9-15-10-8-14/h12H,4-11H2,1-3H3. The van der Waals surface area contributed by atoms with Crippen LogP contribution in [0.25, 0.3) is 0 Å². The van der Waals surface area contributed by atoms with E-state index < -0.39 is 0 Å². The SMILES string of the molecule is CCC(CCN(C)C)CN1CCOCC1. The van der Waals surface area contributed by atoms with Crippen molar-refractivity contribution in [3.8, 4) is 0 Å². The maximum absolute atomic E-state index is 5.36. The largest absolute Gasteiger partial charge is 0.379 e. The zero-order valence-corrected chi connectivity index (χ0v) is 10.5. The average Bonchev–Trinajstić information content (AvgIpc) is 2.25. The van der Waals surface area contributed by atoms with Gasteiger partial charge in [-0.2, -0.15) is 0 Å². The minimum absolute atomic E-state index is 0.852. The Morgan fingerprint density at radius 1 is 1.27 bits per heavy atom. The van der Waals surface area contributed by atoms with Crippen molar-refractivity contribution < 1.29 is 4.74 Å². The summed E-state index contributed by atoms with van der Waals surface area (Å²) < 4.78 is 5.36. The lowest BCUT2D eigenvalue weighted by Gasteiger charge is -2.30. The van der Waals surface area contributed by atoms with Crippen LogP contribution in [0, 0.1) is 5.92 Å². The molecule has 1 heterocycles. The molecule has 1 rings (SSSR count). The first-order valence-electron chi connectivity index (χ1n) is 6.17. The van der Waals surface area contributed by atoms with Gasteiger partial charge in [-0.25, -0.2) is 0 Å². The van der Waals surface area contributed by atoms with E-state index in [4.69, 9.17) is 4.74 Å². The fourth-order valence-electron chi connectivity index (χ4n) is 2.01. The molecule has 0 amide bonds. The van der Waals surface area contributed by atoms with Gasteiger partial charge in [0.25, 0.3) is 0 Å². The zero-order valence-electron chi connectivity index (χ0n) is 10.5. The summed E-state index contributed by atoms with van der Waals surface area (Å²) in [5.41, 5.74) is 0. The number of hydrogen-bond acceptors (Lipinski definition) is 3. The summed E-state index contributed by atoms with van der Waals surface area (Å²) >= 11 is 0. The van der Waals surface area contributed by atoms with Gasteiger partial charge in [-0.3, -0.25) is 4.90 Å². The molecule has 0 aliphatic carbocycles. The van der Waals surface area contributed by atoms with Gasteiger partial charge in [0.15, 0.2) is 0 Å². The van der Waals surface area contributed by atoms with Crippen LogP contribution in [-0.4, -0.2) is 63.3 Å². The Hall–Kier alpha value is -0.120. The number of morpholine rings is 1. The molecule has 0 N–H and O–H groups in total. The molecule has 1 aliphatic heterocycles. The molecule has 0 spiro atoms. The maximum Gasteiger partial charge on any atom is 0.0594 e. The molecule has 0 aromatic rings. The van der Waals surface area contributed by atoms with Crippen LogP contribution in [-0.2, 0) is 4.74 Å². The van der Waals surface area contributed by atoms with Crippen LogP contribution in [0.1, 0.15) is 19.8 Å². The highest BCUT2D eigenvalue weighted by atomic mass is 16.5. The van der Waals surface area contributed by atoms with Gasteiger partial charge < -0.3 is 9.64 Å². The molecule has 1 atom stereocenters. The van der Waals surface area contributed by atoms with Crippen LogP contribution < -0.4 is 0 Å². The van der Waals surface area contributed by atoms with Crippen molar-refractivity contribution in [3.05, 3.63) is 0 Å². The Morgan fingerprint density at radius 3 is 2.47 bits per heavy atom. The van der Waals surface area contributed by atoms with Crippen molar-refractivity contribution in [2.24, 2.45) is 5.92 Å². The molecule has 15 heavy (non-hydrogen) atoms. The fraction of sp³-hybridized carbons (Fsp3) is 1.00. The summed E-state index contributed by atoms with van der Waals surface area (Å²) in [6.07, 6.45) is 2.62. The molecule has 1 aliphatic rings. The summed E-state index contributed by atoms with van der Waals surface area (Å²) in [6, 6.07) is 0. The van der Waals surface area contributed by atoms with Crippen molar-refractivity contribution in [2.45, 2.75) is 19.8 Å². The Bertz CT molecular complexity index is 156. The van der Waals surface area contributed by atoms with Crippen LogP contribution in [0.3, 0.4) is 0 Å². The van der Waals surface area contributed by atoms with Crippen LogP contribution in [0.2, 0.25) is 0 Å². The lowest BCUT2D eigenvalue weighted by atomic mass is 10.0. The predicted molar refractivity (Wildman–Crippen MR) is 64.2 cm³/mol. The van der Waals surface area contributed by atoms with Crippen molar-refractivity contribution >= 4 is 0 Å². The highest BCUT2D eigenvalue weighted by Gasteiger charge is 2.15. The van der Waals surface area contributed by atoms with E-state index in [1.807, 2.05) is 0 Å². The number of ether oxygens (including phenoxy) is 1. The molecule has 0 aromatic carbocycles. The van der Waals surface area contributed by atoms with E-state index in [2.05, 4.69) is 30.8 Å². The minimum Gasteiger partial charge on any atom is -0.379 e. The quantitative estimate of drug-likeness (QED) is 0.663. The van der Waals surface area contributed by atoms with E-state index in [1.165, 1.54) is 25.9 Å². The van der Waals surface area contributed by atoms with Gasteiger partial charge in [-0.05, 0) is 33.0 Å². The first-order valence-corrected chi connectivity index (χ1v) is 6.17. The molecule has 0 aromatic heterocycles. The monoisotopic (exact) mass is 214 g/mol. The van der Waals surface area contributed by atoms with Crippen molar-refractivity contribution in [1.29, 1.82) is 0 Å². The zero-order chi connectivity index (χ0) is 11.1. The van der Waals surface area contributed by atoms with Crippen LogP contribution in [0.15, 0.2) is 0 Å².